The van der Waals surface area contributed by atoms with Crippen LogP contribution in [0.3, 0.4) is 0 Å². The molecule has 0 bridgehead atoms. The van der Waals surface area contributed by atoms with Gasteiger partial charge in [-0.15, -0.1) is 9.24 Å². The van der Waals surface area contributed by atoms with E-state index in [1.807, 2.05) is 18.2 Å². The Hall–Kier alpha value is -3.47. The smallest absolute Gasteiger partial charge is 0.00204 e. The van der Waals surface area contributed by atoms with Crippen molar-refractivity contribution in [3.8, 4) is 33.4 Å². The summed E-state index contributed by atoms with van der Waals surface area (Å²) in [6, 6.07) is 30.0. The van der Waals surface area contributed by atoms with Crippen molar-refractivity contribution in [2.24, 2.45) is 0 Å². The molecule has 0 amide bonds. The van der Waals surface area contributed by atoms with Crippen LogP contribution < -0.4 is 5.30 Å². The number of hydrogen-bond acceptors (Lipinski definition) is 0. The Morgan fingerprint density at radius 2 is 0.968 bits per heavy atom. The van der Waals surface area contributed by atoms with Crippen molar-refractivity contribution < 1.29 is 0 Å². The van der Waals surface area contributed by atoms with Crippen LogP contribution in [0.2, 0.25) is 0 Å². The molecule has 0 aliphatic carbocycles. The molecule has 0 heterocycles. The lowest BCUT2D eigenvalue weighted by atomic mass is 9.86. The minimum atomic E-state index is 1.10. The van der Waals surface area contributed by atoms with Gasteiger partial charge in [-0.05, 0) is 73.6 Å². The Morgan fingerprint density at radius 3 is 1.48 bits per heavy atom. The predicted molar refractivity (Wildman–Crippen MR) is 142 cm³/mol. The Kier molecular flexibility index (Phi) is 6.12. The van der Waals surface area contributed by atoms with Crippen molar-refractivity contribution in [3.63, 3.8) is 0 Å². The Labute approximate surface area is 187 Å². The largest absolute Gasteiger partial charge is 0.105 e. The summed E-state index contributed by atoms with van der Waals surface area (Å²) < 4.78 is 0. The molecule has 1 heteroatoms. The van der Waals surface area contributed by atoms with Crippen LogP contribution in [-0.2, 0) is 0 Å². The summed E-state index contributed by atoms with van der Waals surface area (Å²) in [4.78, 5) is 0. The molecule has 1 unspecified atom stereocenters. The van der Waals surface area contributed by atoms with Gasteiger partial charge in [0.1, 0.15) is 0 Å². The van der Waals surface area contributed by atoms with E-state index in [9.17, 15) is 0 Å². The van der Waals surface area contributed by atoms with E-state index in [1.165, 1.54) is 33.4 Å². The van der Waals surface area contributed by atoms with Gasteiger partial charge in [0.25, 0.3) is 0 Å². The zero-order valence-electron chi connectivity index (χ0n) is 17.5. The summed E-state index contributed by atoms with van der Waals surface area (Å²) in [5.41, 5.74) is 10.4. The van der Waals surface area contributed by atoms with Crippen LogP contribution in [0, 0.1) is 0 Å². The molecule has 0 saturated carbocycles. The van der Waals surface area contributed by atoms with Crippen LogP contribution in [0.4, 0.5) is 0 Å². The lowest BCUT2D eigenvalue weighted by molar-refractivity contribution is 1.56. The number of hydrogen-bond donors (Lipinski definition) is 0. The van der Waals surface area contributed by atoms with Crippen LogP contribution in [0.1, 0.15) is 16.7 Å². The average Bonchev–Trinajstić information content (AvgIpc) is 2.83. The molecule has 0 radical (unpaired) electrons. The maximum absolute atomic E-state index is 3.96. The van der Waals surface area contributed by atoms with Crippen LogP contribution in [0.5, 0.6) is 0 Å². The van der Waals surface area contributed by atoms with Gasteiger partial charge in [-0.1, -0.05) is 105 Å². The maximum Gasteiger partial charge on any atom is -0.00204 e. The molecule has 150 valence electrons. The molecule has 31 heavy (non-hydrogen) atoms. The van der Waals surface area contributed by atoms with Gasteiger partial charge in [0, 0.05) is 0 Å². The fourth-order valence-corrected chi connectivity index (χ4v) is 4.35. The summed E-state index contributed by atoms with van der Waals surface area (Å²) in [6.45, 7) is 11.9. The molecule has 4 rings (SSSR count). The van der Waals surface area contributed by atoms with E-state index in [0.717, 1.165) is 22.0 Å². The highest BCUT2D eigenvalue weighted by Gasteiger charge is 2.17. The van der Waals surface area contributed by atoms with E-state index in [0.29, 0.717) is 0 Å². The van der Waals surface area contributed by atoms with Gasteiger partial charge in [-0.25, -0.2) is 0 Å². The first-order valence-electron chi connectivity index (χ1n) is 10.3. The van der Waals surface area contributed by atoms with Crippen LogP contribution in [0.25, 0.3) is 51.6 Å². The van der Waals surface area contributed by atoms with Gasteiger partial charge in [0.05, 0.1) is 0 Å². The Balaban J connectivity index is 2.09. The first-order chi connectivity index (χ1) is 15.1. The normalized spacial score (nSPS) is 10.5. The number of rotatable bonds is 6. The molecule has 0 spiro atoms. The zero-order valence-corrected chi connectivity index (χ0v) is 18.7. The molecule has 0 aliphatic rings. The average molecular weight is 417 g/mol. The van der Waals surface area contributed by atoms with Crippen molar-refractivity contribution in [1.82, 2.24) is 0 Å². The van der Waals surface area contributed by atoms with E-state index in [4.69, 9.17) is 0 Å². The third-order valence-electron chi connectivity index (χ3n) is 5.49. The molecule has 0 N–H and O–H groups in total. The monoisotopic (exact) mass is 416 g/mol. The van der Waals surface area contributed by atoms with Crippen molar-refractivity contribution >= 4 is 32.8 Å². The Bertz CT molecular complexity index is 1290. The summed E-state index contributed by atoms with van der Waals surface area (Å²) in [7, 11) is 2.92. The molecule has 0 fully saturated rings. The second kappa shape index (κ2) is 9.13. The van der Waals surface area contributed by atoms with Gasteiger partial charge < -0.3 is 0 Å². The maximum atomic E-state index is 3.96. The van der Waals surface area contributed by atoms with Crippen molar-refractivity contribution in [2.45, 2.75) is 0 Å². The fraction of sp³-hybridized carbons (Fsp3) is 0. The van der Waals surface area contributed by atoms with Gasteiger partial charge in [-0.3, -0.25) is 0 Å². The molecule has 4 aromatic rings. The standard InChI is InChI=1S/C30H25P/c1-4-21-10-7-13-24(18-21)27-16-17-28(31)30(26-15-9-12-23(6-3)20-26)29(27)25-14-8-11-22(5-2)19-25/h4-20H,1-3,31H2. The van der Waals surface area contributed by atoms with Crippen molar-refractivity contribution in [3.05, 3.63) is 121 Å². The topological polar surface area (TPSA) is 0 Å². The molecule has 0 aliphatic heterocycles. The Morgan fingerprint density at radius 1 is 0.516 bits per heavy atom. The van der Waals surface area contributed by atoms with Crippen LogP contribution in [0.15, 0.2) is 105 Å². The van der Waals surface area contributed by atoms with Gasteiger partial charge in [0.15, 0.2) is 0 Å². The molecule has 1 atom stereocenters. The third kappa shape index (κ3) is 4.22. The van der Waals surface area contributed by atoms with Gasteiger partial charge in [0.2, 0.25) is 0 Å². The van der Waals surface area contributed by atoms with E-state index < -0.39 is 0 Å². The predicted octanol–water partition coefficient (Wildman–Crippen LogP) is 8.12. The summed E-state index contributed by atoms with van der Waals surface area (Å²) >= 11 is 0. The first-order valence-corrected chi connectivity index (χ1v) is 10.8. The van der Waals surface area contributed by atoms with E-state index in [-0.39, 0.29) is 0 Å². The first kappa shape index (κ1) is 20.8. The highest BCUT2D eigenvalue weighted by atomic mass is 31.0. The lowest BCUT2D eigenvalue weighted by Gasteiger charge is -2.19. The van der Waals surface area contributed by atoms with Gasteiger partial charge >= 0.3 is 0 Å². The SMILES string of the molecule is C=Cc1cccc(-c2ccc(P)c(-c3cccc(C=C)c3)c2-c2cccc(C=C)c2)c1. The molecular formula is C30H25P. The minimum absolute atomic E-state index is 1.10. The number of benzene rings is 4. The second-order valence-electron chi connectivity index (χ2n) is 7.44. The molecule has 4 aromatic carbocycles. The molecule has 0 nitrogen and oxygen atoms in total. The lowest BCUT2D eigenvalue weighted by Crippen LogP contribution is -2.02. The van der Waals surface area contributed by atoms with Crippen molar-refractivity contribution in [1.29, 1.82) is 0 Å². The van der Waals surface area contributed by atoms with Crippen LogP contribution in [-0.4, -0.2) is 0 Å². The van der Waals surface area contributed by atoms with Crippen LogP contribution >= 0.6 is 9.24 Å². The highest BCUT2D eigenvalue weighted by Crippen LogP contribution is 2.40. The molecular weight excluding hydrogens is 391 g/mol. The summed E-state index contributed by atoms with van der Waals surface area (Å²) in [6.07, 6.45) is 5.67. The minimum Gasteiger partial charge on any atom is -0.105 e. The van der Waals surface area contributed by atoms with Gasteiger partial charge in [-0.2, -0.15) is 0 Å². The zero-order chi connectivity index (χ0) is 21.8. The second-order valence-corrected chi connectivity index (χ2v) is 8.06. The van der Waals surface area contributed by atoms with E-state index >= 15 is 0 Å². The quantitative estimate of drug-likeness (QED) is 0.278. The summed E-state index contributed by atoms with van der Waals surface area (Å²) in [5.74, 6) is 0. The summed E-state index contributed by atoms with van der Waals surface area (Å²) in [5, 5.41) is 1.16. The fourth-order valence-electron chi connectivity index (χ4n) is 3.95. The third-order valence-corrected chi connectivity index (χ3v) is 5.97. The highest BCUT2D eigenvalue weighted by molar-refractivity contribution is 7.28. The molecule has 0 saturated heterocycles. The van der Waals surface area contributed by atoms with E-state index in [2.05, 4.69) is 114 Å². The molecule has 0 aromatic heterocycles. The van der Waals surface area contributed by atoms with Crippen molar-refractivity contribution in [2.75, 3.05) is 0 Å². The van der Waals surface area contributed by atoms with E-state index in [1.54, 1.807) is 0 Å².